The highest BCUT2D eigenvalue weighted by Crippen LogP contribution is 2.27. The van der Waals surface area contributed by atoms with Crippen LogP contribution in [0.15, 0.2) is 11.4 Å². The van der Waals surface area contributed by atoms with Crippen LogP contribution in [0, 0.1) is 5.92 Å². The fourth-order valence-electron chi connectivity index (χ4n) is 1.59. The molecule has 0 N–H and O–H groups in total. The van der Waals surface area contributed by atoms with Crippen molar-refractivity contribution in [1.82, 2.24) is 9.97 Å². The van der Waals surface area contributed by atoms with Crippen molar-refractivity contribution in [2.24, 2.45) is 11.0 Å². The van der Waals surface area contributed by atoms with E-state index in [0.29, 0.717) is 23.7 Å². The van der Waals surface area contributed by atoms with E-state index in [9.17, 15) is 0 Å². The molecule has 0 saturated carbocycles. The van der Waals surface area contributed by atoms with E-state index in [1.54, 1.807) is 0 Å². The standard InChI is InChI=1S/C11H17N5O2/c1-7(2)9(15-16-12)5-8-10(17-3)13-6-14-11(8)18-4/h6-7,9H,5H2,1-4H3. The molecule has 0 aromatic carbocycles. The molecule has 1 unspecified atom stereocenters. The second-order valence-corrected chi connectivity index (χ2v) is 4.09. The van der Waals surface area contributed by atoms with Crippen molar-refractivity contribution < 1.29 is 9.47 Å². The van der Waals surface area contributed by atoms with Gasteiger partial charge in [-0.05, 0) is 17.9 Å². The summed E-state index contributed by atoms with van der Waals surface area (Å²) in [6.45, 7) is 3.98. The van der Waals surface area contributed by atoms with E-state index < -0.39 is 0 Å². The molecule has 1 aromatic rings. The maximum absolute atomic E-state index is 8.58. The average molecular weight is 251 g/mol. The number of methoxy groups -OCH3 is 2. The molecule has 0 amide bonds. The zero-order chi connectivity index (χ0) is 13.5. The predicted octanol–water partition coefficient (Wildman–Crippen LogP) is 2.37. The van der Waals surface area contributed by atoms with Crippen LogP contribution in [0.1, 0.15) is 19.4 Å². The summed E-state index contributed by atoms with van der Waals surface area (Å²) in [4.78, 5) is 10.9. The minimum absolute atomic E-state index is 0.191. The first-order chi connectivity index (χ1) is 8.63. The van der Waals surface area contributed by atoms with E-state index >= 15 is 0 Å². The van der Waals surface area contributed by atoms with Gasteiger partial charge in [0.05, 0.1) is 19.8 Å². The molecule has 0 radical (unpaired) electrons. The van der Waals surface area contributed by atoms with Gasteiger partial charge in [-0.3, -0.25) is 0 Å². The summed E-state index contributed by atoms with van der Waals surface area (Å²) in [7, 11) is 3.06. The fourth-order valence-corrected chi connectivity index (χ4v) is 1.59. The lowest BCUT2D eigenvalue weighted by Gasteiger charge is -2.17. The zero-order valence-electron chi connectivity index (χ0n) is 11.0. The molecule has 18 heavy (non-hydrogen) atoms. The van der Waals surface area contributed by atoms with E-state index in [1.165, 1.54) is 20.5 Å². The van der Waals surface area contributed by atoms with E-state index in [2.05, 4.69) is 20.0 Å². The third kappa shape index (κ3) is 3.24. The molecule has 0 saturated heterocycles. The molecule has 0 spiro atoms. The van der Waals surface area contributed by atoms with E-state index in [-0.39, 0.29) is 12.0 Å². The number of rotatable bonds is 6. The molecule has 98 valence electrons. The van der Waals surface area contributed by atoms with Crippen molar-refractivity contribution in [1.29, 1.82) is 0 Å². The summed E-state index contributed by atoms with van der Waals surface area (Å²) in [5.41, 5.74) is 9.30. The summed E-state index contributed by atoms with van der Waals surface area (Å²) in [6, 6.07) is -0.191. The van der Waals surface area contributed by atoms with Crippen LogP contribution in [-0.4, -0.2) is 30.2 Å². The van der Waals surface area contributed by atoms with Crippen LogP contribution < -0.4 is 9.47 Å². The average Bonchev–Trinajstić information content (AvgIpc) is 2.38. The minimum atomic E-state index is -0.191. The number of azide groups is 1. The third-order valence-electron chi connectivity index (χ3n) is 2.64. The second kappa shape index (κ2) is 6.66. The Hall–Kier alpha value is -2.01. The van der Waals surface area contributed by atoms with Crippen molar-refractivity contribution in [2.75, 3.05) is 14.2 Å². The molecule has 0 fully saturated rings. The molecule has 1 aromatic heterocycles. The van der Waals surface area contributed by atoms with Crippen LogP contribution in [-0.2, 0) is 6.42 Å². The van der Waals surface area contributed by atoms with Gasteiger partial charge < -0.3 is 9.47 Å². The molecule has 0 aliphatic rings. The number of ether oxygens (including phenoxy) is 2. The summed E-state index contributed by atoms with van der Waals surface area (Å²) in [5, 5.41) is 3.78. The molecule has 7 heteroatoms. The molecule has 0 aliphatic heterocycles. The van der Waals surface area contributed by atoms with E-state index in [1.807, 2.05) is 13.8 Å². The summed E-state index contributed by atoms with van der Waals surface area (Å²) < 4.78 is 10.4. The zero-order valence-corrected chi connectivity index (χ0v) is 11.0. The lowest BCUT2D eigenvalue weighted by Crippen LogP contribution is -2.17. The smallest absolute Gasteiger partial charge is 0.223 e. The third-order valence-corrected chi connectivity index (χ3v) is 2.64. The van der Waals surface area contributed by atoms with Crippen LogP contribution in [0.4, 0.5) is 0 Å². The van der Waals surface area contributed by atoms with Crippen LogP contribution in [0.5, 0.6) is 11.8 Å². The van der Waals surface area contributed by atoms with Crippen LogP contribution >= 0.6 is 0 Å². The van der Waals surface area contributed by atoms with Crippen LogP contribution in [0.2, 0.25) is 0 Å². The summed E-state index contributed by atoms with van der Waals surface area (Å²) in [5.74, 6) is 1.09. The van der Waals surface area contributed by atoms with Gasteiger partial charge in [0.2, 0.25) is 11.8 Å². The number of hydrogen-bond donors (Lipinski definition) is 0. The van der Waals surface area contributed by atoms with Gasteiger partial charge >= 0.3 is 0 Å². The van der Waals surface area contributed by atoms with Gasteiger partial charge in [0.15, 0.2) is 0 Å². The van der Waals surface area contributed by atoms with Gasteiger partial charge in [-0.25, -0.2) is 9.97 Å². The highest BCUT2D eigenvalue weighted by molar-refractivity contribution is 5.35. The first-order valence-electron chi connectivity index (χ1n) is 5.60. The Balaban J connectivity index is 3.10. The Morgan fingerprint density at radius 3 is 2.22 bits per heavy atom. The maximum atomic E-state index is 8.58. The number of aromatic nitrogens is 2. The fraction of sp³-hybridized carbons (Fsp3) is 0.636. The topological polar surface area (TPSA) is 93.0 Å². The summed E-state index contributed by atoms with van der Waals surface area (Å²) >= 11 is 0. The molecule has 7 nitrogen and oxygen atoms in total. The molecular weight excluding hydrogens is 234 g/mol. The van der Waals surface area contributed by atoms with Crippen LogP contribution in [0.25, 0.3) is 10.4 Å². The highest BCUT2D eigenvalue weighted by atomic mass is 16.5. The second-order valence-electron chi connectivity index (χ2n) is 4.09. The summed E-state index contributed by atoms with van der Waals surface area (Å²) in [6.07, 6.45) is 1.86. The Bertz CT molecular complexity index is 421. The van der Waals surface area contributed by atoms with Crippen molar-refractivity contribution in [3.05, 3.63) is 22.3 Å². The molecular formula is C11H17N5O2. The van der Waals surface area contributed by atoms with Gasteiger partial charge in [-0.15, -0.1) is 0 Å². The quantitative estimate of drug-likeness (QED) is 0.440. The number of hydrogen-bond acceptors (Lipinski definition) is 5. The van der Waals surface area contributed by atoms with Crippen molar-refractivity contribution >= 4 is 0 Å². The molecule has 1 rings (SSSR count). The van der Waals surface area contributed by atoms with Crippen LogP contribution in [0.3, 0.4) is 0 Å². The van der Waals surface area contributed by atoms with Gasteiger partial charge in [0, 0.05) is 11.0 Å². The number of nitrogens with zero attached hydrogens (tertiary/aromatic N) is 5. The lowest BCUT2D eigenvalue weighted by atomic mass is 9.98. The first-order valence-corrected chi connectivity index (χ1v) is 5.60. The lowest BCUT2D eigenvalue weighted by molar-refractivity contribution is 0.355. The Morgan fingerprint density at radius 2 is 1.83 bits per heavy atom. The normalized spacial score (nSPS) is 11.8. The van der Waals surface area contributed by atoms with Gasteiger partial charge in [-0.2, -0.15) is 0 Å². The maximum Gasteiger partial charge on any atom is 0.223 e. The SMILES string of the molecule is COc1ncnc(OC)c1CC(N=[N+]=[N-])C(C)C. The van der Waals surface area contributed by atoms with Gasteiger partial charge in [0.25, 0.3) is 0 Å². The van der Waals surface area contributed by atoms with Crippen molar-refractivity contribution in [2.45, 2.75) is 26.3 Å². The van der Waals surface area contributed by atoms with Gasteiger partial charge in [-0.1, -0.05) is 19.0 Å². The van der Waals surface area contributed by atoms with Crippen molar-refractivity contribution in [3.8, 4) is 11.8 Å². The Labute approximate surface area is 106 Å². The predicted molar refractivity (Wildman–Crippen MR) is 66.6 cm³/mol. The van der Waals surface area contributed by atoms with E-state index in [0.717, 1.165) is 0 Å². The molecule has 1 atom stereocenters. The minimum Gasteiger partial charge on any atom is -0.481 e. The highest BCUT2D eigenvalue weighted by Gasteiger charge is 2.20. The Kier molecular flexibility index (Phi) is 5.20. The van der Waals surface area contributed by atoms with Gasteiger partial charge in [0.1, 0.15) is 6.33 Å². The molecule has 1 heterocycles. The van der Waals surface area contributed by atoms with E-state index in [4.69, 9.17) is 15.0 Å². The first kappa shape index (κ1) is 14.1. The monoisotopic (exact) mass is 251 g/mol. The molecule has 0 aliphatic carbocycles. The Morgan fingerprint density at radius 1 is 1.28 bits per heavy atom. The largest absolute Gasteiger partial charge is 0.481 e. The van der Waals surface area contributed by atoms with Crippen molar-refractivity contribution in [3.63, 3.8) is 0 Å². The molecule has 0 bridgehead atoms.